The van der Waals surface area contributed by atoms with Gasteiger partial charge in [-0.3, -0.25) is 4.79 Å². The summed E-state index contributed by atoms with van der Waals surface area (Å²) in [5.41, 5.74) is 2.70. The van der Waals surface area contributed by atoms with E-state index in [4.69, 9.17) is 28.4 Å². The van der Waals surface area contributed by atoms with E-state index in [9.17, 15) is 4.79 Å². The number of rotatable bonds is 12. The molecule has 0 aliphatic rings. The molecule has 194 valence electrons. The number of nitrogens with one attached hydrogen (secondary N) is 1. The molecule has 0 fully saturated rings. The van der Waals surface area contributed by atoms with Crippen LogP contribution in [0.4, 0.5) is 5.69 Å². The van der Waals surface area contributed by atoms with Crippen LogP contribution in [0.3, 0.4) is 0 Å². The van der Waals surface area contributed by atoms with Crippen LogP contribution >= 0.6 is 0 Å². The Kier molecular flexibility index (Phi) is 9.43. The molecule has 0 radical (unpaired) electrons. The molecule has 0 aliphatic carbocycles. The van der Waals surface area contributed by atoms with Gasteiger partial charge in [0.25, 0.3) is 0 Å². The molecule has 3 aromatic carbocycles. The summed E-state index contributed by atoms with van der Waals surface area (Å²) in [5, 5.41) is 3.18. The smallest absolute Gasteiger partial charge is 0.203 e. The van der Waals surface area contributed by atoms with Gasteiger partial charge in [-0.15, -0.1) is 0 Å². The monoisotopic (exact) mass is 505 g/mol. The normalized spacial score (nSPS) is 10.9. The van der Waals surface area contributed by atoms with E-state index in [-0.39, 0.29) is 5.78 Å². The zero-order valence-corrected chi connectivity index (χ0v) is 21.8. The number of carbonyl (C=O) groups excluding carboxylic acids is 1. The van der Waals surface area contributed by atoms with Crippen molar-refractivity contribution in [3.8, 4) is 34.5 Å². The predicted molar refractivity (Wildman–Crippen MR) is 145 cm³/mol. The molecule has 8 heteroatoms. The predicted octanol–water partition coefficient (Wildman–Crippen LogP) is 5.72. The lowest BCUT2D eigenvalue weighted by atomic mass is 10.1. The minimum atomic E-state index is -0.207. The van der Waals surface area contributed by atoms with Gasteiger partial charge in [-0.05, 0) is 42.0 Å². The molecule has 0 amide bonds. The molecular formula is C29H31NO7. The fraction of sp³-hybridized carbons (Fsp3) is 0.207. The van der Waals surface area contributed by atoms with Gasteiger partial charge in [-0.2, -0.15) is 0 Å². The number of ketones is 1. The number of carbonyl (C=O) groups is 1. The third kappa shape index (κ3) is 6.16. The number of allylic oxidation sites excluding steroid dienone is 1. The van der Waals surface area contributed by atoms with Crippen molar-refractivity contribution in [2.45, 2.75) is 0 Å². The summed E-state index contributed by atoms with van der Waals surface area (Å²) in [6.45, 7) is 0. The second kappa shape index (κ2) is 12.9. The van der Waals surface area contributed by atoms with Crippen LogP contribution in [0.25, 0.3) is 12.2 Å². The maximum atomic E-state index is 12.8. The Hall–Kier alpha value is -4.59. The highest BCUT2D eigenvalue weighted by atomic mass is 16.5. The van der Waals surface area contributed by atoms with Gasteiger partial charge in [0.1, 0.15) is 5.75 Å². The molecule has 3 aromatic rings. The Morgan fingerprint density at radius 2 is 1.30 bits per heavy atom. The van der Waals surface area contributed by atoms with Crippen LogP contribution < -0.4 is 33.7 Å². The summed E-state index contributed by atoms with van der Waals surface area (Å²) < 4.78 is 32.7. The van der Waals surface area contributed by atoms with Gasteiger partial charge < -0.3 is 33.7 Å². The van der Waals surface area contributed by atoms with Crippen molar-refractivity contribution in [2.75, 3.05) is 48.0 Å². The third-order valence-electron chi connectivity index (χ3n) is 5.56. The lowest BCUT2D eigenvalue weighted by molar-refractivity contribution is 0.104. The number of ether oxygens (including phenoxy) is 6. The zero-order valence-electron chi connectivity index (χ0n) is 21.8. The molecule has 3 rings (SSSR count). The topological polar surface area (TPSA) is 84.5 Å². The number of hydrogen-bond acceptors (Lipinski definition) is 8. The van der Waals surface area contributed by atoms with Gasteiger partial charge in [0.05, 0.1) is 53.9 Å². The first-order chi connectivity index (χ1) is 18.0. The van der Waals surface area contributed by atoms with Crippen LogP contribution in [0.15, 0.2) is 60.8 Å². The minimum absolute atomic E-state index is 0.207. The lowest BCUT2D eigenvalue weighted by Crippen LogP contribution is -2.02. The second-order valence-corrected chi connectivity index (χ2v) is 7.60. The summed E-state index contributed by atoms with van der Waals surface area (Å²) in [7, 11) is 9.35. The van der Waals surface area contributed by atoms with E-state index in [0.29, 0.717) is 45.7 Å². The van der Waals surface area contributed by atoms with E-state index < -0.39 is 0 Å². The number of methoxy groups -OCH3 is 6. The van der Waals surface area contributed by atoms with Crippen molar-refractivity contribution in [2.24, 2.45) is 0 Å². The lowest BCUT2D eigenvalue weighted by Gasteiger charge is -2.15. The second-order valence-electron chi connectivity index (χ2n) is 7.60. The number of hydrogen-bond donors (Lipinski definition) is 1. The van der Waals surface area contributed by atoms with Gasteiger partial charge in [0.15, 0.2) is 28.8 Å². The molecule has 8 nitrogen and oxygen atoms in total. The maximum Gasteiger partial charge on any atom is 0.203 e. The molecule has 0 spiro atoms. The summed E-state index contributed by atoms with van der Waals surface area (Å²) >= 11 is 0. The van der Waals surface area contributed by atoms with Gasteiger partial charge in [0.2, 0.25) is 5.75 Å². The third-order valence-corrected chi connectivity index (χ3v) is 5.56. The summed E-state index contributed by atoms with van der Waals surface area (Å²) in [6, 6.07) is 14.4. The SMILES string of the molecule is COc1ccccc1C(=O)/C=C\Nc1c(/C=C\c2cc(OC)c(OC)c(OC)c2)ccc(OC)c1OC. The molecule has 0 bridgehead atoms. The molecule has 0 heterocycles. The molecule has 0 aromatic heterocycles. The van der Waals surface area contributed by atoms with E-state index in [0.717, 1.165) is 11.1 Å². The number of para-hydroxylation sites is 1. The molecule has 37 heavy (non-hydrogen) atoms. The molecule has 0 atom stereocenters. The van der Waals surface area contributed by atoms with Crippen LogP contribution in [0.2, 0.25) is 0 Å². The molecule has 0 unspecified atom stereocenters. The van der Waals surface area contributed by atoms with E-state index in [1.807, 2.05) is 42.5 Å². The van der Waals surface area contributed by atoms with Crippen LogP contribution in [0, 0.1) is 0 Å². The average Bonchev–Trinajstić information content (AvgIpc) is 2.94. The highest BCUT2D eigenvalue weighted by Gasteiger charge is 2.15. The molecule has 0 saturated heterocycles. The van der Waals surface area contributed by atoms with E-state index in [1.165, 1.54) is 13.2 Å². The standard InChI is InChI=1S/C29H31NO7/c1-32-23-10-8-7-9-21(23)22(31)15-16-30-27-20(13-14-24(33-2)29(27)37-6)12-11-19-17-25(34-3)28(36-5)26(18-19)35-4/h7-18,30H,1-6H3/b12-11-,16-15-. The van der Waals surface area contributed by atoms with Gasteiger partial charge in [0, 0.05) is 17.8 Å². The summed E-state index contributed by atoms with van der Waals surface area (Å²) in [6.07, 6.45) is 6.80. The first-order valence-corrected chi connectivity index (χ1v) is 11.3. The fourth-order valence-corrected chi connectivity index (χ4v) is 3.75. The Labute approximate surface area is 217 Å². The Morgan fingerprint density at radius 3 is 1.89 bits per heavy atom. The maximum absolute atomic E-state index is 12.8. The van der Waals surface area contributed by atoms with E-state index >= 15 is 0 Å². The van der Waals surface area contributed by atoms with Crippen LogP contribution in [0.5, 0.6) is 34.5 Å². The quantitative estimate of drug-likeness (QED) is 0.190. The number of anilines is 1. The Morgan fingerprint density at radius 1 is 0.676 bits per heavy atom. The summed E-state index contributed by atoms with van der Waals surface area (Å²) in [5.74, 6) is 2.94. The highest BCUT2D eigenvalue weighted by molar-refractivity contribution is 6.06. The van der Waals surface area contributed by atoms with Crippen molar-refractivity contribution in [1.29, 1.82) is 0 Å². The average molecular weight is 506 g/mol. The molecule has 0 saturated carbocycles. The first kappa shape index (κ1) is 27.0. The zero-order chi connectivity index (χ0) is 26.8. The van der Waals surface area contributed by atoms with E-state index in [1.54, 1.807) is 59.9 Å². The highest BCUT2D eigenvalue weighted by Crippen LogP contribution is 2.41. The van der Waals surface area contributed by atoms with Crippen molar-refractivity contribution < 1.29 is 33.2 Å². The van der Waals surface area contributed by atoms with Gasteiger partial charge in [-0.25, -0.2) is 0 Å². The van der Waals surface area contributed by atoms with Crippen LogP contribution in [-0.4, -0.2) is 48.4 Å². The van der Waals surface area contributed by atoms with Crippen molar-refractivity contribution >= 4 is 23.6 Å². The fourth-order valence-electron chi connectivity index (χ4n) is 3.75. The minimum Gasteiger partial charge on any atom is -0.496 e. The molecule has 1 N–H and O–H groups in total. The largest absolute Gasteiger partial charge is 0.496 e. The number of benzene rings is 3. The van der Waals surface area contributed by atoms with Crippen LogP contribution in [0.1, 0.15) is 21.5 Å². The Bertz CT molecular complexity index is 1270. The molecule has 0 aliphatic heterocycles. The van der Waals surface area contributed by atoms with E-state index in [2.05, 4.69) is 5.32 Å². The summed E-state index contributed by atoms with van der Waals surface area (Å²) in [4.78, 5) is 12.8. The van der Waals surface area contributed by atoms with Gasteiger partial charge >= 0.3 is 0 Å². The van der Waals surface area contributed by atoms with Gasteiger partial charge in [-0.1, -0.05) is 24.3 Å². The van der Waals surface area contributed by atoms with Crippen molar-refractivity contribution in [1.82, 2.24) is 0 Å². The van der Waals surface area contributed by atoms with Crippen molar-refractivity contribution in [3.63, 3.8) is 0 Å². The Balaban J connectivity index is 1.97. The first-order valence-electron chi connectivity index (χ1n) is 11.3. The molecular weight excluding hydrogens is 474 g/mol. The van der Waals surface area contributed by atoms with Crippen LogP contribution in [-0.2, 0) is 0 Å². The van der Waals surface area contributed by atoms with Crippen molar-refractivity contribution in [3.05, 3.63) is 77.5 Å².